The molecular weight excluding hydrogens is 206 g/mol. The molecule has 1 aliphatic heterocycles. The Morgan fingerprint density at radius 1 is 1.50 bits per heavy atom. The van der Waals surface area contributed by atoms with Gasteiger partial charge in [-0.25, -0.2) is 0 Å². The van der Waals surface area contributed by atoms with Gasteiger partial charge >= 0.3 is 0 Å². The van der Waals surface area contributed by atoms with E-state index in [4.69, 9.17) is 0 Å². The normalized spacial score (nSPS) is 14.8. The van der Waals surface area contributed by atoms with E-state index in [-0.39, 0.29) is 17.4 Å². The molecule has 1 amide bonds. The van der Waals surface area contributed by atoms with Crippen molar-refractivity contribution in [1.82, 2.24) is 0 Å². The van der Waals surface area contributed by atoms with Gasteiger partial charge in [0.25, 0.3) is 0 Å². The Morgan fingerprint density at radius 2 is 2.25 bits per heavy atom. The minimum Gasteiger partial charge on any atom is -0.508 e. The second kappa shape index (κ2) is 3.96. The zero-order valence-electron chi connectivity index (χ0n) is 9.06. The van der Waals surface area contributed by atoms with E-state index in [9.17, 15) is 14.7 Å². The molecule has 0 bridgehead atoms. The fourth-order valence-corrected chi connectivity index (χ4v) is 1.90. The van der Waals surface area contributed by atoms with Crippen molar-refractivity contribution in [1.29, 1.82) is 0 Å². The van der Waals surface area contributed by atoms with Crippen LogP contribution in [0.1, 0.15) is 30.1 Å². The van der Waals surface area contributed by atoms with E-state index in [2.05, 4.69) is 0 Å². The van der Waals surface area contributed by atoms with Crippen molar-refractivity contribution in [3.8, 4) is 5.75 Å². The lowest BCUT2D eigenvalue weighted by molar-refractivity contribution is -0.118. The SMILES string of the molecule is CCC(=O)N1CCC(=O)c2cc(O)ccc21. The number of amides is 1. The monoisotopic (exact) mass is 219 g/mol. The van der Waals surface area contributed by atoms with E-state index in [1.54, 1.807) is 17.9 Å². The van der Waals surface area contributed by atoms with Gasteiger partial charge in [-0.3, -0.25) is 9.59 Å². The van der Waals surface area contributed by atoms with Gasteiger partial charge in [0.05, 0.1) is 5.69 Å². The Labute approximate surface area is 93.5 Å². The lowest BCUT2D eigenvalue weighted by Crippen LogP contribution is -2.36. The number of phenols is 1. The van der Waals surface area contributed by atoms with Crippen molar-refractivity contribution < 1.29 is 14.7 Å². The second-order valence-electron chi connectivity index (χ2n) is 3.77. The van der Waals surface area contributed by atoms with Crippen LogP contribution in [0, 0.1) is 0 Å². The smallest absolute Gasteiger partial charge is 0.226 e. The Bertz CT molecular complexity index is 454. The molecular formula is C12H13NO3. The van der Waals surface area contributed by atoms with Gasteiger partial charge in [0.15, 0.2) is 5.78 Å². The van der Waals surface area contributed by atoms with Gasteiger partial charge in [-0.05, 0) is 18.2 Å². The predicted molar refractivity (Wildman–Crippen MR) is 59.7 cm³/mol. The molecule has 1 aromatic rings. The number of benzene rings is 1. The number of carbonyl (C=O) groups is 2. The van der Waals surface area contributed by atoms with Crippen molar-refractivity contribution in [2.45, 2.75) is 19.8 Å². The first-order valence-corrected chi connectivity index (χ1v) is 5.30. The summed E-state index contributed by atoms with van der Waals surface area (Å²) >= 11 is 0. The van der Waals surface area contributed by atoms with Gasteiger partial charge < -0.3 is 10.0 Å². The number of hydrogen-bond donors (Lipinski definition) is 1. The summed E-state index contributed by atoms with van der Waals surface area (Å²) in [5, 5.41) is 9.33. The third-order valence-corrected chi connectivity index (χ3v) is 2.74. The molecule has 16 heavy (non-hydrogen) atoms. The van der Waals surface area contributed by atoms with Crippen LogP contribution in [0.4, 0.5) is 5.69 Å². The topological polar surface area (TPSA) is 57.6 Å². The van der Waals surface area contributed by atoms with Crippen LogP contribution in [0.2, 0.25) is 0 Å². The third kappa shape index (κ3) is 1.66. The number of aromatic hydroxyl groups is 1. The summed E-state index contributed by atoms with van der Waals surface area (Å²) in [7, 11) is 0. The van der Waals surface area contributed by atoms with Crippen LogP contribution in [0.3, 0.4) is 0 Å². The molecule has 0 aliphatic carbocycles. The summed E-state index contributed by atoms with van der Waals surface area (Å²) in [4.78, 5) is 24.9. The number of hydrogen-bond acceptors (Lipinski definition) is 3. The van der Waals surface area contributed by atoms with E-state index in [0.717, 1.165) is 0 Å². The minimum atomic E-state index is -0.0222. The highest BCUT2D eigenvalue weighted by atomic mass is 16.3. The summed E-state index contributed by atoms with van der Waals surface area (Å²) in [5.74, 6) is 0.0309. The van der Waals surface area contributed by atoms with E-state index < -0.39 is 0 Å². The van der Waals surface area contributed by atoms with E-state index in [1.807, 2.05) is 0 Å². The summed E-state index contributed by atoms with van der Waals surface area (Å²) < 4.78 is 0. The van der Waals surface area contributed by atoms with Crippen molar-refractivity contribution in [2.75, 3.05) is 11.4 Å². The van der Waals surface area contributed by atoms with Crippen LogP contribution < -0.4 is 4.90 Å². The molecule has 1 N–H and O–H groups in total. The largest absolute Gasteiger partial charge is 0.508 e. The molecule has 1 aromatic carbocycles. The highest BCUT2D eigenvalue weighted by Crippen LogP contribution is 2.30. The molecule has 0 atom stereocenters. The summed E-state index contributed by atoms with van der Waals surface area (Å²) in [6.07, 6.45) is 0.733. The quantitative estimate of drug-likeness (QED) is 0.782. The van der Waals surface area contributed by atoms with Crippen LogP contribution in [-0.2, 0) is 4.79 Å². The zero-order valence-corrected chi connectivity index (χ0v) is 9.06. The van der Waals surface area contributed by atoms with Crippen molar-refractivity contribution in [3.05, 3.63) is 23.8 Å². The standard InChI is InChI=1S/C12H13NO3/c1-2-12(16)13-6-5-11(15)9-7-8(14)3-4-10(9)13/h3-4,7,14H,2,5-6H2,1H3. The van der Waals surface area contributed by atoms with E-state index in [1.165, 1.54) is 12.1 Å². The first-order valence-electron chi connectivity index (χ1n) is 5.30. The summed E-state index contributed by atoms with van der Waals surface area (Å²) in [6.45, 7) is 2.22. The molecule has 0 radical (unpaired) electrons. The first kappa shape index (κ1) is 10.7. The van der Waals surface area contributed by atoms with Gasteiger partial charge in [-0.15, -0.1) is 0 Å². The maximum absolute atomic E-state index is 11.7. The van der Waals surface area contributed by atoms with Gasteiger partial charge in [0.1, 0.15) is 5.75 Å². The Kier molecular flexibility index (Phi) is 2.64. The number of phenolic OH excluding ortho intramolecular Hbond substituents is 1. The maximum Gasteiger partial charge on any atom is 0.226 e. The summed E-state index contributed by atoms with van der Waals surface area (Å²) in [5.41, 5.74) is 1.05. The van der Waals surface area contributed by atoms with Gasteiger partial charge in [-0.2, -0.15) is 0 Å². The minimum absolute atomic E-state index is 0.000519. The van der Waals surface area contributed by atoms with Crippen LogP contribution >= 0.6 is 0 Å². The molecule has 2 rings (SSSR count). The Balaban J connectivity index is 2.48. The molecule has 0 unspecified atom stereocenters. The number of rotatable bonds is 1. The van der Waals surface area contributed by atoms with Crippen LogP contribution in [0.5, 0.6) is 5.75 Å². The Morgan fingerprint density at radius 3 is 2.94 bits per heavy atom. The van der Waals surface area contributed by atoms with Crippen LogP contribution in [0.25, 0.3) is 0 Å². The number of carbonyl (C=O) groups excluding carboxylic acids is 2. The van der Waals surface area contributed by atoms with E-state index in [0.29, 0.717) is 30.6 Å². The van der Waals surface area contributed by atoms with Crippen molar-refractivity contribution >= 4 is 17.4 Å². The first-order chi connectivity index (χ1) is 7.63. The average molecular weight is 219 g/mol. The van der Waals surface area contributed by atoms with Crippen LogP contribution in [-0.4, -0.2) is 23.3 Å². The number of fused-ring (bicyclic) bond motifs is 1. The average Bonchev–Trinajstić information content (AvgIpc) is 2.29. The second-order valence-corrected chi connectivity index (χ2v) is 3.77. The molecule has 0 saturated heterocycles. The third-order valence-electron chi connectivity index (χ3n) is 2.74. The summed E-state index contributed by atoms with van der Waals surface area (Å²) in [6, 6.07) is 4.54. The highest BCUT2D eigenvalue weighted by molar-refractivity contribution is 6.09. The predicted octanol–water partition coefficient (Wildman–Crippen LogP) is 1.72. The highest BCUT2D eigenvalue weighted by Gasteiger charge is 2.26. The molecule has 4 nitrogen and oxygen atoms in total. The number of anilines is 1. The zero-order chi connectivity index (χ0) is 11.7. The Hall–Kier alpha value is -1.84. The molecule has 1 heterocycles. The molecule has 84 valence electrons. The maximum atomic E-state index is 11.7. The van der Waals surface area contributed by atoms with Gasteiger partial charge in [0, 0.05) is 24.9 Å². The number of Topliss-reactive ketones (excluding diaryl/α,β-unsaturated/α-hetero) is 1. The lowest BCUT2D eigenvalue weighted by Gasteiger charge is -2.28. The molecule has 1 aliphatic rings. The number of ketones is 1. The molecule has 0 saturated carbocycles. The fourth-order valence-electron chi connectivity index (χ4n) is 1.90. The molecule has 0 fully saturated rings. The van der Waals surface area contributed by atoms with Crippen molar-refractivity contribution in [3.63, 3.8) is 0 Å². The van der Waals surface area contributed by atoms with Crippen LogP contribution in [0.15, 0.2) is 18.2 Å². The number of nitrogens with zero attached hydrogens (tertiary/aromatic N) is 1. The van der Waals surface area contributed by atoms with Gasteiger partial charge in [0.2, 0.25) is 5.91 Å². The molecule has 0 aromatic heterocycles. The van der Waals surface area contributed by atoms with Gasteiger partial charge in [-0.1, -0.05) is 6.92 Å². The van der Waals surface area contributed by atoms with Crippen molar-refractivity contribution in [2.24, 2.45) is 0 Å². The lowest BCUT2D eigenvalue weighted by atomic mass is 10.00. The fraction of sp³-hybridized carbons (Fsp3) is 0.333. The molecule has 4 heteroatoms. The van der Waals surface area contributed by atoms with E-state index >= 15 is 0 Å². The molecule has 0 spiro atoms.